The third kappa shape index (κ3) is 4.32. The third-order valence-corrected chi connectivity index (χ3v) is 7.35. The van der Waals surface area contributed by atoms with E-state index in [1.165, 1.54) is 10.4 Å². The van der Waals surface area contributed by atoms with Crippen molar-refractivity contribution in [2.45, 2.75) is 18.7 Å². The Bertz CT molecular complexity index is 970. The summed E-state index contributed by atoms with van der Waals surface area (Å²) >= 11 is 6.04. The van der Waals surface area contributed by atoms with Gasteiger partial charge < -0.3 is 9.64 Å². The van der Waals surface area contributed by atoms with E-state index in [1.807, 2.05) is 32.0 Å². The van der Waals surface area contributed by atoms with Crippen LogP contribution in [-0.2, 0) is 14.8 Å². The van der Waals surface area contributed by atoms with Crippen molar-refractivity contribution in [3.8, 4) is 5.75 Å². The predicted octanol–water partition coefficient (Wildman–Crippen LogP) is 2.87. The Morgan fingerprint density at radius 1 is 1.04 bits per heavy atom. The minimum atomic E-state index is -3.68. The van der Waals surface area contributed by atoms with E-state index in [9.17, 15) is 13.2 Å². The van der Waals surface area contributed by atoms with Gasteiger partial charge in [-0.05, 0) is 43.2 Å². The van der Waals surface area contributed by atoms with Crippen molar-refractivity contribution in [2.75, 3.05) is 32.8 Å². The molecule has 0 radical (unpaired) electrons. The van der Waals surface area contributed by atoms with Gasteiger partial charge in [-0.2, -0.15) is 4.31 Å². The molecular weight excluding hydrogens is 400 g/mol. The maximum Gasteiger partial charge on any atom is 0.260 e. The summed E-state index contributed by atoms with van der Waals surface area (Å²) in [5, 5.41) is 0.197. The van der Waals surface area contributed by atoms with Crippen LogP contribution in [0.15, 0.2) is 47.4 Å². The van der Waals surface area contributed by atoms with Crippen LogP contribution >= 0.6 is 11.6 Å². The van der Waals surface area contributed by atoms with Crippen LogP contribution in [0.1, 0.15) is 11.1 Å². The predicted molar refractivity (Wildman–Crippen MR) is 108 cm³/mol. The van der Waals surface area contributed by atoms with Crippen molar-refractivity contribution < 1.29 is 17.9 Å². The van der Waals surface area contributed by atoms with Crippen LogP contribution in [0.25, 0.3) is 0 Å². The van der Waals surface area contributed by atoms with E-state index < -0.39 is 10.0 Å². The molecule has 2 aromatic rings. The average molecular weight is 423 g/mol. The Hall–Kier alpha value is -2.09. The van der Waals surface area contributed by atoms with Crippen LogP contribution in [0, 0.1) is 13.8 Å². The number of amides is 1. The topological polar surface area (TPSA) is 66.9 Å². The molecule has 2 aromatic carbocycles. The largest absolute Gasteiger partial charge is 0.483 e. The molecule has 150 valence electrons. The second kappa shape index (κ2) is 8.51. The number of aryl methyl sites for hydroxylation is 1. The fourth-order valence-electron chi connectivity index (χ4n) is 3.08. The molecular formula is C20H23ClN2O4S. The van der Waals surface area contributed by atoms with Crippen LogP contribution in [-0.4, -0.2) is 56.3 Å². The van der Waals surface area contributed by atoms with Gasteiger partial charge in [0.15, 0.2) is 6.61 Å². The maximum absolute atomic E-state index is 12.8. The molecule has 0 spiro atoms. The molecule has 1 heterocycles. The minimum absolute atomic E-state index is 0.0679. The van der Waals surface area contributed by atoms with Gasteiger partial charge in [0.1, 0.15) is 10.6 Å². The second-order valence-electron chi connectivity index (χ2n) is 6.70. The molecule has 28 heavy (non-hydrogen) atoms. The van der Waals surface area contributed by atoms with Gasteiger partial charge in [0, 0.05) is 26.2 Å². The fourth-order valence-corrected chi connectivity index (χ4v) is 5.00. The van der Waals surface area contributed by atoms with Gasteiger partial charge in [-0.3, -0.25) is 4.79 Å². The lowest BCUT2D eigenvalue weighted by Crippen LogP contribution is -2.51. The molecule has 0 bridgehead atoms. The van der Waals surface area contributed by atoms with E-state index in [-0.39, 0.29) is 35.5 Å². The second-order valence-corrected chi connectivity index (χ2v) is 9.02. The Morgan fingerprint density at radius 3 is 2.39 bits per heavy atom. The molecule has 0 aromatic heterocycles. The number of rotatable bonds is 5. The number of hydrogen-bond acceptors (Lipinski definition) is 4. The molecule has 6 nitrogen and oxygen atoms in total. The molecule has 8 heteroatoms. The molecule has 1 amide bonds. The Kier molecular flexibility index (Phi) is 6.27. The highest BCUT2D eigenvalue weighted by atomic mass is 35.5. The number of carbonyl (C=O) groups is 1. The number of halogens is 1. The van der Waals surface area contributed by atoms with E-state index >= 15 is 0 Å². The zero-order valence-electron chi connectivity index (χ0n) is 15.9. The number of carbonyl (C=O) groups excluding carboxylic acids is 1. The van der Waals surface area contributed by atoms with Gasteiger partial charge in [0.2, 0.25) is 10.0 Å². The quantitative estimate of drug-likeness (QED) is 0.743. The molecule has 0 atom stereocenters. The summed E-state index contributed by atoms with van der Waals surface area (Å²) in [4.78, 5) is 14.2. The Labute approximate surface area is 170 Å². The first kappa shape index (κ1) is 20.6. The van der Waals surface area contributed by atoms with Crippen molar-refractivity contribution in [1.29, 1.82) is 0 Å². The zero-order chi connectivity index (χ0) is 20.3. The van der Waals surface area contributed by atoms with Crippen LogP contribution in [0.3, 0.4) is 0 Å². The monoisotopic (exact) mass is 422 g/mol. The molecule has 1 aliphatic rings. The summed E-state index contributed by atoms with van der Waals surface area (Å²) in [5.74, 6) is 0.531. The van der Waals surface area contributed by atoms with Crippen molar-refractivity contribution in [3.05, 3.63) is 58.6 Å². The van der Waals surface area contributed by atoms with Gasteiger partial charge in [0.25, 0.3) is 5.91 Å². The first-order chi connectivity index (χ1) is 13.3. The van der Waals surface area contributed by atoms with Gasteiger partial charge in [-0.25, -0.2) is 8.42 Å². The summed E-state index contributed by atoms with van der Waals surface area (Å²) in [7, 11) is -3.68. The third-order valence-electron chi connectivity index (χ3n) is 4.95. The van der Waals surface area contributed by atoms with Crippen LogP contribution in [0.2, 0.25) is 5.02 Å². The summed E-state index contributed by atoms with van der Waals surface area (Å²) in [6, 6.07) is 12.1. The Morgan fingerprint density at radius 2 is 1.71 bits per heavy atom. The number of nitrogens with zero attached hydrogens (tertiary/aromatic N) is 2. The first-order valence-electron chi connectivity index (χ1n) is 9.02. The van der Waals surface area contributed by atoms with Gasteiger partial charge in [-0.1, -0.05) is 35.9 Å². The molecule has 1 saturated heterocycles. The van der Waals surface area contributed by atoms with Crippen LogP contribution in [0.4, 0.5) is 0 Å². The molecule has 0 aliphatic carbocycles. The minimum Gasteiger partial charge on any atom is -0.483 e. The normalized spacial score (nSPS) is 15.5. The Balaban J connectivity index is 1.58. The summed E-state index contributed by atoms with van der Waals surface area (Å²) in [6.07, 6.45) is 0. The molecule has 0 N–H and O–H groups in total. The van der Waals surface area contributed by atoms with Gasteiger partial charge in [-0.15, -0.1) is 0 Å². The maximum atomic E-state index is 12.8. The van der Waals surface area contributed by atoms with Gasteiger partial charge >= 0.3 is 0 Å². The highest BCUT2D eigenvalue weighted by Gasteiger charge is 2.31. The molecule has 1 fully saturated rings. The number of piperazine rings is 1. The van der Waals surface area contributed by atoms with E-state index in [4.69, 9.17) is 16.3 Å². The van der Waals surface area contributed by atoms with Crippen molar-refractivity contribution >= 4 is 27.5 Å². The first-order valence-corrected chi connectivity index (χ1v) is 10.8. The highest BCUT2D eigenvalue weighted by Crippen LogP contribution is 2.25. The van der Waals surface area contributed by atoms with Gasteiger partial charge in [0.05, 0.1) is 5.02 Å². The van der Waals surface area contributed by atoms with Crippen LogP contribution in [0.5, 0.6) is 5.75 Å². The lowest BCUT2D eigenvalue weighted by Gasteiger charge is -2.34. The molecule has 1 aliphatic heterocycles. The lowest BCUT2D eigenvalue weighted by molar-refractivity contribution is -0.134. The molecule has 0 saturated carbocycles. The zero-order valence-corrected chi connectivity index (χ0v) is 17.5. The van der Waals surface area contributed by atoms with Crippen molar-refractivity contribution in [2.24, 2.45) is 0 Å². The highest BCUT2D eigenvalue weighted by molar-refractivity contribution is 7.89. The summed E-state index contributed by atoms with van der Waals surface area (Å²) in [5.41, 5.74) is 2.11. The summed E-state index contributed by atoms with van der Waals surface area (Å²) in [6.45, 7) is 4.96. The number of benzene rings is 2. The number of ether oxygens (including phenoxy) is 1. The van der Waals surface area contributed by atoms with E-state index in [0.29, 0.717) is 18.8 Å². The number of sulfonamides is 1. The fraction of sp³-hybridized carbons (Fsp3) is 0.350. The van der Waals surface area contributed by atoms with Crippen LogP contribution < -0.4 is 4.74 Å². The van der Waals surface area contributed by atoms with E-state index in [2.05, 4.69) is 0 Å². The molecule has 3 rings (SSSR count). The smallest absolute Gasteiger partial charge is 0.260 e. The lowest BCUT2D eigenvalue weighted by atomic mass is 10.1. The number of hydrogen-bond donors (Lipinski definition) is 0. The van der Waals surface area contributed by atoms with E-state index in [1.54, 1.807) is 23.1 Å². The standard InChI is InChI=1S/C20H23ClN2O4S/c1-15-6-5-8-18(16(15)2)27-14-20(24)22-10-12-23(13-11-22)28(25,26)19-9-4-3-7-17(19)21/h3-9H,10-14H2,1-2H3. The van der Waals surface area contributed by atoms with Crippen molar-refractivity contribution in [3.63, 3.8) is 0 Å². The van der Waals surface area contributed by atoms with Crippen molar-refractivity contribution in [1.82, 2.24) is 9.21 Å². The van der Waals surface area contributed by atoms with E-state index in [0.717, 1.165) is 11.1 Å². The summed E-state index contributed by atoms with van der Waals surface area (Å²) < 4.78 is 32.6. The SMILES string of the molecule is Cc1cccc(OCC(=O)N2CCN(S(=O)(=O)c3ccccc3Cl)CC2)c1C. The molecule has 0 unspecified atom stereocenters. The average Bonchev–Trinajstić information content (AvgIpc) is 2.69.